The number of alkyl halides is 3. The Morgan fingerprint density at radius 1 is 1.38 bits per heavy atom. The maximum atomic E-state index is 12.9. The first-order chi connectivity index (χ1) is 9.79. The van der Waals surface area contributed by atoms with Gasteiger partial charge in [0.15, 0.2) is 0 Å². The van der Waals surface area contributed by atoms with Crippen LogP contribution >= 0.6 is 0 Å². The first-order valence-electron chi connectivity index (χ1n) is 7.11. The van der Waals surface area contributed by atoms with Crippen LogP contribution in [0.4, 0.5) is 18.9 Å². The second kappa shape index (κ2) is 4.73. The van der Waals surface area contributed by atoms with Crippen molar-refractivity contribution in [2.45, 2.75) is 31.5 Å². The minimum atomic E-state index is -4.83. The molecule has 2 heterocycles. The zero-order valence-electron chi connectivity index (χ0n) is 12.0. The van der Waals surface area contributed by atoms with Crippen LogP contribution in [0.25, 0.3) is 0 Å². The van der Waals surface area contributed by atoms with Crippen molar-refractivity contribution in [2.24, 2.45) is 0 Å². The Balaban J connectivity index is 2.07. The maximum Gasteiger partial charge on any atom is 0.471 e. The molecule has 114 valence electrons. The van der Waals surface area contributed by atoms with Crippen molar-refractivity contribution in [3.8, 4) is 0 Å². The highest BCUT2D eigenvalue weighted by Crippen LogP contribution is 2.44. The highest BCUT2D eigenvalue weighted by atomic mass is 19.4. The molecule has 1 unspecified atom stereocenters. The average molecular weight is 299 g/mol. The summed E-state index contributed by atoms with van der Waals surface area (Å²) in [7, 11) is 2.04. The fourth-order valence-electron chi connectivity index (χ4n) is 3.60. The molecule has 1 saturated heterocycles. The summed E-state index contributed by atoms with van der Waals surface area (Å²) in [5, 5.41) is 0. The molecule has 6 heteroatoms. The van der Waals surface area contributed by atoms with Gasteiger partial charge in [0.2, 0.25) is 0 Å². The lowest BCUT2D eigenvalue weighted by Crippen LogP contribution is -3.11. The third-order valence-corrected chi connectivity index (χ3v) is 4.53. The minimum Gasteiger partial charge on any atom is -0.337 e. The van der Waals surface area contributed by atoms with E-state index < -0.39 is 12.1 Å². The molecule has 0 radical (unpaired) electrons. The van der Waals surface area contributed by atoms with Crippen molar-refractivity contribution in [1.82, 2.24) is 0 Å². The fraction of sp³-hybridized carbons (Fsp3) is 0.533. The van der Waals surface area contributed by atoms with Crippen LogP contribution in [-0.2, 0) is 4.79 Å². The van der Waals surface area contributed by atoms with Crippen LogP contribution in [0.1, 0.15) is 23.5 Å². The van der Waals surface area contributed by atoms with Gasteiger partial charge in [0.1, 0.15) is 0 Å². The zero-order chi connectivity index (χ0) is 15.4. The van der Waals surface area contributed by atoms with E-state index in [2.05, 4.69) is 0 Å². The Bertz CT molecular complexity index is 585. The number of hydrogen-bond acceptors (Lipinski definition) is 1. The molecular formula is C15H18F3N2O+. The summed E-state index contributed by atoms with van der Waals surface area (Å²) >= 11 is 0. The summed E-state index contributed by atoms with van der Waals surface area (Å²) in [5.74, 6) is -1.74. The molecule has 2 aliphatic heterocycles. The van der Waals surface area contributed by atoms with E-state index in [0.717, 1.165) is 29.1 Å². The van der Waals surface area contributed by atoms with Crippen LogP contribution in [0.5, 0.6) is 0 Å². The highest BCUT2D eigenvalue weighted by Gasteiger charge is 2.52. The number of carbonyl (C=O) groups excluding carboxylic acids is 1. The van der Waals surface area contributed by atoms with Crippen molar-refractivity contribution >= 4 is 11.6 Å². The number of nitrogens with one attached hydrogen (secondary N) is 1. The molecule has 2 aliphatic rings. The third-order valence-electron chi connectivity index (χ3n) is 4.53. The van der Waals surface area contributed by atoms with Gasteiger partial charge in [-0.3, -0.25) is 4.79 Å². The lowest BCUT2D eigenvalue weighted by atomic mass is 9.89. The van der Waals surface area contributed by atoms with E-state index in [1.54, 1.807) is 12.1 Å². The van der Waals surface area contributed by atoms with Gasteiger partial charge in [0, 0.05) is 12.1 Å². The van der Waals surface area contributed by atoms with Crippen molar-refractivity contribution < 1.29 is 22.9 Å². The topological polar surface area (TPSA) is 24.8 Å². The number of aryl methyl sites for hydroxylation is 1. The molecule has 1 aromatic carbocycles. The molecule has 1 amide bonds. The molecule has 1 N–H and O–H groups in total. The van der Waals surface area contributed by atoms with E-state index in [0.29, 0.717) is 12.1 Å². The number of piperidine rings is 1. The summed E-state index contributed by atoms with van der Waals surface area (Å²) in [6.07, 6.45) is -4.22. The summed E-state index contributed by atoms with van der Waals surface area (Å²) < 4.78 is 38.7. The number of halogens is 3. The number of carbonyl (C=O) groups is 1. The average Bonchev–Trinajstić information content (AvgIpc) is 2.70. The number of likely N-dealkylation sites (tertiary alicyclic amines) is 1. The normalized spacial score (nSPS) is 28.2. The quantitative estimate of drug-likeness (QED) is 0.767. The van der Waals surface area contributed by atoms with E-state index in [-0.39, 0.29) is 12.0 Å². The Morgan fingerprint density at radius 3 is 2.76 bits per heavy atom. The Morgan fingerprint density at radius 2 is 2.10 bits per heavy atom. The van der Waals surface area contributed by atoms with Crippen molar-refractivity contribution in [1.29, 1.82) is 0 Å². The first-order valence-corrected chi connectivity index (χ1v) is 7.11. The fourth-order valence-corrected chi connectivity index (χ4v) is 3.60. The number of amides is 1. The van der Waals surface area contributed by atoms with Gasteiger partial charge in [-0.05, 0) is 18.6 Å². The molecule has 3 rings (SSSR count). The van der Waals surface area contributed by atoms with Crippen LogP contribution < -0.4 is 9.80 Å². The van der Waals surface area contributed by atoms with Gasteiger partial charge in [-0.2, -0.15) is 13.2 Å². The number of fused-ring (bicyclic) bond motifs is 3. The number of nitrogens with zero attached hydrogens (tertiary/aromatic N) is 1. The van der Waals surface area contributed by atoms with Crippen LogP contribution in [0, 0.1) is 6.92 Å². The second-order valence-electron chi connectivity index (χ2n) is 6.11. The molecule has 1 fully saturated rings. The number of anilines is 1. The third kappa shape index (κ3) is 2.31. The SMILES string of the molecule is Cc1ccc2c(c1)[C@@H]1C[NH+](C)CC[C@@H]1N2C(=O)C(F)(F)F. The highest BCUT2D eigenvalue weighted by molar-refractivity contribution is 6.00. The Labute approximate surface area is 121 Å². The molecule has 0 bridgehead atoms. The molecule has 0 saturated carbocycles. The number of rotatable bonds is 0. The number of quaternary nitrogens is 1. The summed E-state index contributed by atoms with van der Waals surface area (Å²) in [5.41, 5.74) is 2.33. The molecular weight excluding hydrogens is 281 g/mol. The molecule has 3 atom stereocenters. The maximum absolute atomic E-state index is 12.9. The van der Waals surface area contributed by atoms with Gasteiger partial charge < -0.3 is 9.80 Å². The van der Waals surface area contributed by atoms with E-state index in [1.165, 1.54) is 4.90 Å². The monoisotopic (exact) mass is 299 g/mol. The van der Waals surface area contributed by atoms with Gasteiger partial charge in [0.25, 0.3) is 0 Å². The molecule has 21 heavy (non-hydrogen) atoms. The van der Waals surface area contributed by atoms with Crippen molar-refractivity contribution in [3.05, 3.63) is 29.3 Å². The number of likely N-dealkylation sites (N-methyl/N-ethyl adjacent to an activating group) is 1. The van der Waals surface area contributed by atoms with Gasteiger partial charge >= 0.3 is 12.1 Å². The van der Waals surface area contributed by atoms with Gasteiger partial charge in [0.05, 0.1) is 32.1 Å². The summed E-state index contributed by atoms with van der Waals surface area (Å²) in [6.45, 7) is 3.47. The van der Waals surface area contributed by atoms with E-state index in [9.17, 15) is 18.0 Å². The summed E-state index contributed by atoms with van der Waals surface area (Å²) in [6, 6.07) is 4.99. The van der Waals surface area contributed by atoms with Gasteiger partial charge in [-0.25, -0.2) is 0 Å². The Kier molecular flexibility index (Phi) is 3.24. The lowest BCUT2D eigenvalue weighted by Gasteiger charge is -2.34. The zero-order valence-corrected chi connectivity index (χ0v) is 12.0. The van der Waals surface area contributed by atoms with E-state index in [4.69, 9.17) is 0 Å². The lowest BCUT2D eigenvalue weighted by molar-refractivity contribution is -0.886. The predicted molar refractivity (Wildman–Crippen MR) is 72.5 cm³/mol. The van der Waals surface area contributed by atoms with Gasteiger partial charge in [-0.1, -0.05) is 17.7 Å². The molecule has 0 aromatic heterocycles. The number of hydrogen-bond donors (Lipinski definition) is 1. The van der Waals surface area contributed by atoms with Gasteiger partial charge in [-0.15, -0.1) is 0 Å². The predicted octanol–water partition coefficient (Wildman–Crippen LogP) is 1.27. The van der Waals surface area contributed by atoms with E-state index in [1.807, 2.05) is 20.0 Å². The van der Waals surface area contributed by atoms with Crippen molar-refractivity contribution in [2.75, 3.05) is 25.0 Å². The van der Waals surface area contributed by atoms with Crippen LogP contribution in [0.15, 0.2) is 18.2 Å². The van der Waals surface area contributed by atoms with Crippen LogP contribution in [0.2, 0.25) is 0 Å². The largest absolute Gasteiger partial charge is 0.471 e. The van der Waals surface area contributed by atoms with Crippen LogP contribution in [0.3, 0.4) is 0 Å². The molecule has 0 aliphatic carbocycles. The minimum absolute atomic E-state index is 0.0000463. The summed E-state index contributed by atoms with van der Waals surface area (Å²) in [4.78, 5) is 14.1. The van der Waals surface area contributed by atoms with E-state index >= 15 is 0 Å². The molecule has 3 nitrogen and oxygen atoms in total. The smallest absolute Gasteiger partial charge is 0.337 e. The molecule has 1 aromatic rings. The number of benzene rings is 1. The van der Waals surface area contributed by atoms with Crippen LogP contribution in [-0.4, -0.2) is 38.3 Å². The second-order valence-corrected chi connectivity index (χ2v) is 6.11. The first kappa shape index (κ1) is 14.4. The molecule has 0 spiro atoms. The Hall–Kier alpha value is -1.56. The van der Waals surface area contributed by atoms with Crippen molar-refractivity contribution in [3.63, 3.8) is 0 Å². The standard InChI is InChI=1S/C15H17F3N2O/c1-9-3-4-12-10(7-9)11-8-19(2)6-5-13(11)20(12)14(21)15(16,17)18/h3-4,7,11,13H,5-6,8H2,1-2H3/p+1/t11-,13-/m0/s1.